The molecule has 0 saturated heterocycles. The van der Waals surface area contributed by atoms with Crippen molar-refractivity contribution in [3.05, 3.63) is 71.3 Å². The SMILES string of the molecule is CCC(CCc1ccc(C2CCC(C(F)(F)F)C2)cc1)N(CC)CCc1ccccc1. The molecule has 1 aliphatic carbocycles. The van der Waals surface area contributed by atoms with Crippen molar-refractivity contribution in [1.29, 1.82) is 0 Å². The van der Waals surface area contributed by atoms with Crippen LogP contribution in [0.25, 0.3) is 0 Å². The smallest absolute Gasteiger partial charge is 0.300 e. The Bertz CT molecular complexity index is 769. The van der Waals surface area contributed by atoms with Gasteiger partial charge in [0, 0.05) is 12.6 Å². The molecule has 1 fully saturated rings. The summed E-state index contributed by atoms with van der Waals surface area (Å²) in [5.41, 5.74) is 3.73. The molecule has 2 aromatic carbocycles. The Balaban J connectivity index is 1.50. The third kappa shape index (κ3) is 6.83. The largest absolute Gasteiger partial charge is 0.391 e. The molecule has 3 rings (SSSR count). The second-order valence-electron chi connectivity index (χ2n) is 8.96. The Morgan fingerprint density at radius 3 is 2.16 bits per heavy atom. The molecule has 3 unspecified atom stereocenters. The maximum atomic E-state index is 13.0. The number of hydrogen-bond acceptors (Lipinski definition) is 1. The van der Waals surface area contributed by atoms with Gasteiger partial charge >= 0.3 is 6.18 Å². The average molecular weight is 432 g/mol. The van der Waals surface area contributed by atoms with Crippen molar-refractivity contribution in [2.24, 2.45) is 5.92 Å². The van der Waals surface area contributed by atoms with Crippen LogP contribution in [0.15, 0.2) is 54.6 Å². The predicted molar refractivity (Wildman–Crippen MR) is 122 cm³/mol. The van der Waals surface area contributed by atoms with E-state index in [1.807, 2.05) is 0 Å². The number of hydrogen-bond donors (Lipinski definition) is 0. The van der Waals surface area contributed by atoms with E-state index in [-0.39, 0.29) is 18.8 Å². The highest BCUT2D eigenvalue weighted by molar-refractivity contribution is 5.26. The van der Waals surface area contributed by atoms with E-state index in [1.54, 1.807) is 0 Å². The molecule has 1 aliphatic rings. The summed E-state index contributed by atoms with van der Waals surface area (Å²) in [5, 5.41) is 0. The highest BCUT2D eigenvalue weighted by Gasteiger charge is 2.44. The second kappa shape index (κ2) is 11.2. The molecule has 0 radical (unpaired) electrons. The molecule has 0 aromatic heterocycles. The van der Waals surface area contributed by atoms with Crippen LogP contribution in [0.5, 0.6) is 0 Å². The maximum Gasteiger partial charge on any atom is 0.391 e. The fourth-order valence-electron chi connectivity index (χ4n) is 5.03. The third-order valence-electron chi connectivity index (χ3n) is 7.04. The van der Waals surface area contributed by atoms with Gasteiger partial charge in [-0.15, -0.1) is 0 Å². The lowest BCUT2D eigenvalue weighted by Crippen LogP contribution is -2.36. The quantitative estimate of drug-likeness (QED) is 0.379. The number of halogens is 3. The second-order valence-corrected chi connectivity index (χ2v) is 8.96. The summed E-state index contributed by atoms with van der Waals surface area (Å²) in [7, 11) is 0. The first-order valence-corrected chi connectivity index (χ1v) is 11.8. The van der Waals surface area contributed by atoms with E-state index in [9.17, 15) is 13.2 Å². The van der Waals surface area contributed by atoms with Crippen molar-refractivity contribution < 1.29 is 13.2 Å². The van der Waals surface area contributed by atoms with Crippen LogP contribution in [0, 0.1) is 5.92 Å². The van der Waals surface area contributed by atoms with Crippen molar-refractivity contribution in [2.45, 2.75) is 76.9 Å². The van der Waals surface area contributed by atoms with Crippen LogP contribution >= 0.6 is 0 Å². The van der Waals surface area contributed by atoms with Gasteiger partial charge in [0.1, 0.15) is 0 Å². The van der Waals surface area contributed by atoms with Crippen molar-refractivity contribution in [1.82, 2.24) is 4.90 Å². The van der Waals surface area contributed by atoms with E-state index in [1.165, 1.54) is 11.1 Å². The van der Waals surface area contributed by atoms with Crippen LogP contribution < -0.4 is 0 Å². The van der Waals surface area contributed by atoms with Gasteiger partial charge in [-0.25, -0.2) is 0 Å². The van der Waals surface area contributed by atoms with E-state index >= 15 is 0 Å². The van der Waals surface area contributed by atoms with Gasteiger partial charge in [0.2, 0.25) is 0 Å². The molecule has 0 heterocycles. The van der Waals surface area contributed by atoms with Crippen LogP contribution in [0.1, 0.15) is 68.6 Å². The number of nitrogens with zero attached hydrogens (tertiary/aromatic N) is 1. The standard InChI is InChI=1S/C27H36F3N/c1-3-26(31(4-2)19-18-21-8-6-5-7-9-21)17-12-22-10-13-23(14-11-22)24-15-16-25(20-24)27(28,29)30/h5-11,13-14,24-26H,3-4,12,15-20H2,1-2H3. The van der Waals surface area contributed by atoms with Gasteiger partial charge in [-0.05, 0) is 74.1 Å². The minimum atomic E-state index is -4.05. The zero-order valence-electron chi connectivity index (χ0n) is 18.9. The molecule has 4 heteroatoms. The molecular formula is C27H36F3N. The number of likely N-dealkylation sites (N-methyl/N-ethyl adjacent to an activating group) is 1. The Kier molecular flexibility index (Phi) is 8.59. The molecule has 31 heavy (non-hydrogen) atoms. The molecule has 3 atom stereocenters. The summed E-state index contributed by atoms with van der Waals surface area (Å²) < 4.78 is 38.9. The summed E-state index contributed by atoms with van der Waals surface area (Å²) in [5.74, 6) is -1.07. The summed E-state index contributed by atoms with van der Waals surface area (Å²) in [6.45, 7) is 6.61. The summed E-state index contributed by atoms with van der Waals surface area (Å²) in [6, 6.07) is 19.6. The molecule has 0 aliphatic heterocycles. The molecule has 2 aromatic rings. The first-order valence-electron chi connectivity index (χ1n) is 11.8. The summed E-state index contributed by atoms with van der Waals surface area (Å²) in [6.07, 6.45) is 1.43. The summed E-state index contributed by atoms with van der Waals surface area (Å²) in [4.78, 5) is 2.58. The number of rotatable bonds is 10. The van der Waals surface area contributed by atoms with Crippen molar-refractivity contribution >= 4 is 0 Å². The lowest BCUT2D eigenvalue weighted by atomic mass is 9.94. The molecule has 0 spiro atoms. The minimum Gasteiger partial charge on any atom is -0.300 e. The Morgan fingerprint density at radius 1 is 0.903 bits per heavy atom. The Hall–Kier alpha value is -1.81. The van der Waals surface area contributed by atoms with Gasteiger partial charge in [0.05, 0.1) is 5.92 Å². The van der Waals surface area contributed by atoms with Crippen LogP contribution in [-0.4, -0.2) is 30.2 Å². The van der Waals surface area contributed by atoms with Crippen molar-refractivity contribution in [2.75, 3.05) is 13.1 Å². The predicted octanol–water partition coefficient (Wildman–Crippen LogP) is 7.41. The van der Waals surface area contributed by atoms with E-state index < -0.39 is 12.1 Å². The molecule has 170 valence electrons. The summed E-state index contributed by atoms with van der Waals surface area (Å²) >= 11 is 0. The first-order chi connectivity index (χ1) is 14.9. The van der Waals surface area contributed by atoms with Crippen molar-refractivity contribution in [3.63, 3.8) is 0 Å². The van der Waals surface area contributed by atoms with Gasteiger partial charge in [-0.1, -0.05) is 68.4 Å². The number of aryl methyl sites for hydroxylation is 1. The highest BCUT2D eigenvalue weighted by atomic mass is 19.4. The zero-order chi connectivity index (χ0) is 22.3. The van der Waals surface area contributed by atoms with Crippen LogP contribution in [0.3, 0.4) is 0 Å². The van der Waals surface area contributed by atoms with E-state index in [0.717, 1.165) is 44.3 Å². The minimum absolute atomic E-state index is 0.0534. The monoisotopic (exact) mass is 431 g/mol. The van der Waals surface area contributed by atoms with Crippen LogP contribution in [0.2, 0.25) is 0 Å². The Morgan fingerprint density at radius 2 is 1.58 bits per heavy atom. The topological polar surface area (TPSA) is 3.24 Å². The normalized spacial score (nSPS) is 20.3. The molecule has 0 amide bonds. The number of alkyl halides is 3. The lowest BCUT2D eigenvalue weighted by Gasteiger charge is -2.30. The molecule has 0 bridgehead atoms. The maximum absolute atomic E-state index is 13.0. The average Bonchev–Trinajstić information content (AvgIpc) is 3.28. The van der Waals surface area contributed by atoms with Crippen LogP contribution in [-0.2, 0) is 12.8 Å². The Labute approximate surface area is 185 Å². The van der Waals surface area contributed by atoms with Crippen LogP contribution in [0.4, 0.5) is 13.2 Å². The molecule has 0 N–H and O–H groups in total. The molecule has 1 saturated carbocycles. The first kappa shape index (κ1) is 23.8. The zero-order valence-corrected chi connectivity index (χ0v) is 18.9. The van der Waals surface area contributed by atoms with E-state index in [2.05, 4.69) is 73.3 Å². The van der Waals surface area contributed by atoms with Gasteiger partial charge < -0.3 is 4.90 Å². The third-order valence-corrected chi connectivity index (χ3v) is 7.04. The van der Waals surface area contributed by atoms with Gasteiger partial charge in [0.15, 0.2) is 0 Å². The van der Waals surface area contributed by atoms with Gasteiger partial charge in [-0.2, -0.15) is 13.2 Å². The molecule has 1 nitrogen and oxygen atoms in total. The lowest BCUT2D eigenvalue weighted by molar-refractivity contribution is -0.172. The van der Waals surface area contributed by atoms with E-state index in [0.29, 0.717) is 12.5 Å². The fourth-order valence-corrected chi connectivity index (χ4v) is 5.03. The fraction of sp³-hybridized carbons (Fsp3) is 0.556. The number of benzene rings is 2. The van der Waals surface area contributed by atoms with Gasteiger partial charge in [0.25, 0.3) is 0 Å². The van der Waals surface area contributed by atoms with Gasteiger partial charge in [-0.3, -0.25) is 0 Å². The van der Waals surface area contributed by atoms with E-state index in [4.69, 9.17) is 0 Å². The van der Waals surface area contributed by atoms with Crippen molar-refractivity contribution in [3.8, 4) is 0 Å². The highest BCUT2D eigenvalue weighted by Crippen LogP contribution is 2.45. The molecular weight excluding hydrogens is 395 g/mol.